The van der Waals surface area contributed by atoms with Crippen molar-refractivity contribution in [3.63, 3.8) is 0 Å². The van der Waals surface area contributed by atoms with Crippen LogP contribution < -0.4 is 20.8 Å². The molecule has 0 aromatic heterocycles. The summed E-state index contributed by atoms with van der Waals surface area (Å²) >= 11 is 2.55. The molecule has 30 heavy (non-hydrogen) atoms. The topological polar surface area (TPSA) is 124 Å². The molecule has 3 aliphatic rings. The summed E-state index contributed by atoms with van der Waals surface area (Å²) in [6, 6.07) is -1.55. The Morgan fingerprint density at radius 1 is 1.03 bits per heavy atom. The minimum Gasteiger partial charge on any atom is -0.600 e. The molecular formula is C20H39IN5O4+. The first-order chi connectivity index (χ1) is 14.3. The normalized spacial score (nSPS) is 40.6. The second-order valence-corrected chi connectivity index (χ2v) is 11.5. The Labute approximate surface area is 193 Å². The van der Waals surface area contributed by atoms with Crippen LogP contribution in [0.4, 0.5) is 0 Å². The second kappa shape index (κ2) is 11.7. The van der Waals surface area contributed by atoms with E-state index in [1.165, 1.54) is 44.5 Å². The van der Waals surface area contributed by atoms with Gasteiger partial charge in [0.05, 0.1) is 31.3 Å². The van der Waals surface area contributed by atoms with Gasteiger partial charge in [-0.25, -0.2) is 20.9 Å². The minimum absolute atomic E-state index is 0.183. The molecule has 1 aliphatic heterocycles. The van der Waals surface area contributed by atoms with Crippen molar-refractivity contribution in [1.29, 1.82) is 0 Å². The van der Waals surface area contributed by atoms with E-state index in [1.807, 2.05) is 0 Å². The van der Waals surface area contributed by atoms with E-state index in [2.05, 4.69) is 34.9 Å². The molecule has 0 aromatic rings. The van der Waals surface area contributed by atoms with Crippen molar-refractivity contribution in [2.24, 2.45) is 16.9 Å². The summed E-state index contributed by atoms with van der Waals surface area (Å²) in [6.07, 6.45) is 8.51. The van der Waals surface area contributed by atoms with Gasteiger partial charge in [0.25, 0.3) is 0 Å². The maximum Gasteiger partial charge on any atom is 0.144 e. The van der Waals surface area contributed by atoms with Gasteiger partial charge in [-0.3, -0.25) is 0 Å². The molecule has 10 heteroatoms. The zero-order valence-corrected chi connectivity index (χ0v) is 20.1. The third kappa shape index (κ3) is 6.96. The summed E-state index contributed by atoms with van der Waals surface area (Å²) in [4.78, 5) is 1.59. The first-order valence-electron chi connectivity index (χ1n) is 11.6. The third-order valence-corrected chi connectivity index (χ3v) is 8.68. The van der Waals surface area contributed by atoms with Gasteiger partial charge in [0.1, 0.15) is 18.6 Å². The number of hydrogen-bond donors (Lipinski definition) is 6. The SMILES string of the molecule is CC1CC[NH+](CC(=NNC2CCC([NH+]([O-])O)CC2[NH+]([O-])O)C2CCC(I)CC2)CC1. The summed E-state index contributed by atoms with van der Waals surface area (Å²) in [5.74, 6) is 1.29. The van der Waals surface area contributed by atoms with Crippen LogP contribution in [-0.4, -0.2) is 57.8 Å². The number of nitrogens with zero attached hydrogens (tertiary/aromatic N) is 1. The van der Waals surface area contributed by atoms with E-state index in [1.54, 1.807) is 4.90 Å². The van der Waals surface area contributed by atoms with E-state index in [-0.39, 0.29) is 12.5 Å². The molecule has 0 amide bonds. The highest BCUT2D eigenvalue weighted by molar-refractivity contribution is 14.1. The van der Waals surface area contributed by atoms with Crippen LogP contribution in [0, 0.1) is 22.3 Å². The Morgan fingerprint density at radius 3 is 2.30 bits per heavy atom. The van der Waals surface area contributed by atoms with E-state index in [4.69, 9.17) is 5.10 Å². The van der Waals surface area contributed by atoms with Crippen LogP contribution in [0.5, 0.6) is 0 Å². The van der Waals surface area contributed by atoms with Gasteiger partial charge in [-0.05, 0) is 50.9 Å². The third-order valence-electron chi connectivity index (χ3n) is 7.43. The number of likely N-dealkylation sites (tertiary alicyclic amines) is 1. The molecule has 2 aliphatic carbocycles. The number of hydroxylamine groups is 4. The number of rotatable bonds is 7. The second-order valence-electron chi connectivity index (χ2n) is 9.69. The number of nitrogens with one attached hydrogen (secondary N) is 4. The average molecular weight is 540 g/mol. The van der Waals surface area contributed by atoms with Crippen LogP contribution in [0.2, 0.25) is 0 Å². The molecule has 174 valence electrons. The molecule has 0 spiro atoms. The minimum atomic E-state index is -0.920. The number of halogens is 1. The van der Waals surface area contributed by atoms with E-state index in [0.29, 0.717) is 18.8 Å². The van der Waals surface area contributed by atoms with Crippen molar-refractivity contribution >= 4 is 28.3 Å². The van der Waals surface area contributed by atoms with Crippen LogP contribution in [0.3, 0.4) is 0 Å². The molecule has 0 bridgehead atoms. The maximum absolute atomic E-state index is 11.8. The number of quaternary nitrogens is 3. The summed E-state index contributed by atoms with van der Waals surface area (Å²) in [7, 11) is 0. The largest absolute Gasteiger partial charge is 0.600 e. The fourth-order valence-corrected chi connectivity index (χ4v) is 5.97. The van der Waals surface area contributed by atoms with Crippen LogP contribution in [0.15, 0.2) is 5.10 Å². The van der Waals surface area contributed by atoms with Crippen molar-refractivity contribution in [2.75, 3.05) is 19.6 Å². The Hall–Kier alpha value is -0.0800. The van der Waals surface area contributed by atoms with E-state index in [0.717, 1.165) is 29.2 Å². The Bertz CT molecular complexity index is 551. The first kappa shape index (κ1) is 24.6. The fourth-order valence-electron chi connectivity index (χ4n) is 5.25. The van der Waals surface area contributed by atoms with Gasteiger partial charge < -0.3 is 20.7 Å². The van der Waals surface area contributed by atoms with Crippen molar-refractivity contribution < 1.29 is 25.8 Å². The van der Waals surface area contributed by atoms with E-state index in [9.17, 15) is 20.8 Å². The van der Waals surface area contributed by atoms with Gasteiger partial charge in [-0.1, -0.05) is 29.5 Å². The number of alkyl halides is 1. The summed E-state index contributed by atoms with van der Waals surface area (Å²) in [5, 5.41) is 45.1. The molecule has 3 fully saturated rings. The van der Waals surface area contributed by atoms with Crippen LogP contribution in [-0.2, 0) is 0 Å². The Kier molecular flexibility index (Phi) is 9.57. The van der Waals surface area contributed by atoms with Crippen LogP contribution in [0.1, 0.15) is 64.7 Å². The predicted molar refractivity (Wildman–Crippen MR) is 122 cm³/mol. The quantitative estimate of drug-likeness (QED) is 0.108. The molecule has 6 N–H and O–H groups in total. The van der Waals surface area contributed by atoms with Gasteiger partial charge in [0.15, 0.2) is 0 Å². The van der Waals surface area contributed by atoms with Crippen molar-refractivity contribution in [3.8, 4) is 0 Å². The lowest BCUT2D eigenvalue weighted by Gasteiger charge is -2.39. The van der Waals surface area contributed by atoms with Crippen molar-refractivity contribution in [3.05, 3.63) is 10.4 Å². The molecular weight excluding hydrogens is 501 g/mol. The highest BCUT2D eigenvalue weighted by Crippen LogP contribution is 2.30. The van der Waals surface area contributed by atoms with Gasteiger partial charge in [0, 0.05) is 16.3 Å². The lowest BCUT2D eigenvalue weighted by molar-refractivity contribution is -1.09. The molecule has 1 heterocycles. The Balaban J connectivity index is 1.67. The van der Waals surface area contributed by atoms with E-state index < -0.39 is 22.5 Å². The van der Waals surface area contributed by atoms with Crippen molar-refractivity contribution in [2.45, 2.75) is 86.8 Å². The highest BCUT2D eigenvalue weighted by Gasteiger charge is 2.38. The van der Waals surface area contributed by atoms with Crippen molar-refractivity contribution in [1.82, 2.24) is 5.43 Å². The highest BCUT2D eigenvalue weighted by atomic mass is 127. The van der Waals surface area contributed by atoms with Gasteiger partial charge in [-0.2, -0.15) is 5.10 Å². The molecule has 2 saturated carbocycles. The smallest absolute Gasteiger partial charge is 0.144 e. The fraction of sp³-hybridized carbons (Fsp3) is 0.950. The van der Waals surface area contributed by atoms with Gasteiger partial charge in [0.2, 0.25) is 0 Å². The number of piperidine rings is 1. The molecule has 0 radical (unpaired) electrons. The molecule has 1 saturated heterocycles. The first-order valence-corrected chi connectivity index (χ1v) is 12.8. The Morgan fingerprint density at radius 2 is 1.70 bits per heavy atom. The monoisotopic (exact) mass is 540 g/mol. The standard InChI is InChI=1S/C20H38IN5O4/c1-14-8-10-24(11-9-14)13-19(15-2-4-16(21)5-3-15)23-22-18-7-6-17(25(27)28)12-20(18)26(29)30/h14-18,20,22,25-27,29H,2-13H2,1H3/p+1. The zero-order valence-electron chi connectivity index (χ0n) is 18.0. The van der Waals surface area contributed by atoms with Crippen LogP contribution >= 0.6 is 22.6 Å². The van der Waals surface area contributed by atoms with E-state index >= 15 is 0 Å². The van der Waals surface area contributed by atoms with Gasteiger partial charge >= 0.3 is 0 Å². The molecule has 5 unspecified atom stereocenters. The molecule has 0 aromatic carbocycles. The zero-order chi connectivity index (χ0) is 21.7. The predicted octanol–water partition coefficient (Wildman–Crippen LogP) is -0.926. The van der Waals surface area contributed by atoms with Crippen LogP contribution in [0.25, 0.3) is 0 Å². The molecule has 5 atom stereocenters. The lowest BCUT2D eigenvalue weighted by atomic mass is 9.85. The number of hydrogen-bond acceptors (Lipinski definition) is 6. The summed E-state index contributed by atoms with van der Waals surface area (Å²) in [6.45, 7) is 5.64. The average Bonchev–Trinajstić information content (AvgIpc) is 2.73. The molecule has 3 rings (SSSR count). The maximum atomic E-state index is 11.8. The number of hydrazone groups is 1. The van der Waals surface area contributed by atoms with Gasteiger partial charge in [-0.15, -0.1) is 0 Å². The summed E-state index contributed by atoms with van der Waals surface area (Å²) in [5.41, 5.74) is 4.42. The lowest BCUT2D eigenvalue weighted by Crippen LogP contribution is -3.15. The summed E-state index contributed by atoms with van der Waals surface area (Å²) < 4.78 is 0.749. The molecule has 9 nitrogen and oxygen atoms in total.